The number of allylic oxidation sites excluding steroid dienone is 3. The van der Waals surface area contributed by atoms with Crippen molar-refractivity contribution >= 4 is 38.6 Å². The minimum Gasteiger partial charge on any atom is -0.310 e. The second-order valence-corrected chi connectivity index (χ2v) is 18.4. The predicted molar refractivity (Wildman–Crippen MR) is 280 cm³/mol. The van der Waals surface area contributed by atoms with Crippen molar-refractivity contribution in [2.45, 2.75) is 31.6 Å². The first-order chi connectivity index (χ1) is 32.4. The summed E-state index contributed by atoms with van der Waals surface area (Å²) in [6.45, 7) is 10.2. The fraction of sp³-hybridized carbons (Fsp3) is 0.0769. The number of anilines is 3. The van der Waals surface area contributed by atoms with E-state index in [4.69, 9.17) is 0 Å². The Kier molecular flexibility index (Phi) is 9.19. The molecule has 1 spiro atoms. The van der Waals surface area contributed by atoms with Crippen molar-refractivity contribution in [3.63, 3.8) is 0 Å². The maximum atomic E-state index is 3.46. The van der Waals surface area contributed by atoms with Crippen molar-refractivity contribution in [3.05, 3.63) is 271 Å². The molecule has 0 saturated heterocycles. The lowest BCUT2D eigenvalue weighted by Crippen LogP contribution is -2.26. The van der Waals surface area contributed by atoms with Gasteiger partial charge in [-0.1, -0.05) is 209 Å². The quantitative estimate of drug-likeness (QED) is 0.156. The maximum Gasteiger partial charge on any atom is 0.0726 e. The molecule has 0 saturated carbocycles. The molecule has 0 atom stereocenters. The van der Waals surface area contributed by atoms with E-state index in [9.17, 15) is 0 Å². The molecule has 10 aromatic rings. The minimum atomic E-state index is -0.482. The average molecular weight is 844 g/mol. The molecule has 1 nitrogen and oxygen atoms in total. The van der Waals surface area contributed by atoms with Crippen LogP contribution in [0.5, 0.6) is 0 Å². The van der Waals surface area contributed by atoms with Gasteiger partial charge in [0.05, 0.1) is 11.1 Å². The average Bonchev–Trinajstić information content (AvgIpc) is 3.91. The number of nitrogens with zero attached hydrogens (tertiary/aromatic N) is 1. The standard InChI is InChI=1S/C60H41N.C5H8/c1-59(2)52-25-13-10-21-45(52)48-30-28-41(36-55(48)59)61(58-33-32-43(38-16-4-3-5-17-38)44-20-8-9-24-50(44)58)42-29-31-49-51-34-39-18-6-7-19-40(39)35-56(51)60(57(49)37-42)53-26-14-11-22-46(53)47-23-12-15-27-54(47)60;1-3-5-4-2/h3-37H,1-2H3;3-5H,1H2,2H3/b;5-4-. The van der Waals surface area contributed by atoms with Gasteiger partial charge in [-0.3, -0.25) is 0 Å². The Bertz CT molecular complexity index is 3560. The van der Waals surface area contributed by atoms with Crippen LogP contribution in [0.1, 0.15) is 54.2 Å². The third kappa shape index (κ3) is 5.73. The van der Waals surface area contributed by atoms with E-state index in [1.807, 2.05) is 19.1 Å². The van der Waals surface area contributed by atoms with Crippen LogP contribution in [0, 0.1) is 0 Å². The van der Waals surface area contributed by atoms with Gasteiger partial charge in [-0.05, 0) is 143 Å². The highest BCUT2D eigenvalue weighted by Gasteiger charge is 2.52. The van der Waals surface area contributed by atoms with Crippen molar-refractivity contribution in [3.8, 4) is 44.5 Å². The van der Waals surface area contributed by atoms with Crippen LogP contribution >= 0.6 is 0 Å². The second kappa shape index (κ2) is 15.3. The van der Waals surface area contributed by atoms with E-state index in [-0.39, 0.29) is 5.41 Å². The van der Waals surface area contributed by atoms with Gasteiger partial charge in [-0.15, -0.1) is 0 Å². The first-order valence-corrected chi connectivity index (χ1v) is 23.2. The van der Waals surface area contributed by atoms with Crippen molar-refractivity contribution in [2.75, 3.05) is 4.90 Å². The molecule has 66 heavy (non-hydrogen) atoms. The molecule has 1 heteroatoms. The lowest BCUT2D eigenvalue weighted by molar-refractivity contribution is 0.660. The fourth-order valence-electron chi connectivity index (χ4n) is 11.7. The van der Waals surface area contributed by atoms with Crippen LogP contribution in [0.25, 0.3) is 66.1 Å². The first kappa shape index (κ1) is 39.6. The van der Waals surface area contributed by atoms with Crippen LogP contribution in [-0.2, 0) is 10.8 Å². The molecule has 0 radical (unpaired) electrons. The van der Waals surface area contributed by atoms with E-state index < -0.39 is 5.41 Å². The fourth-order valence-corrected chi connectivity index (χ4v) is 11.7. The van der Waals surface area contributed by atoms with Gasteiger partial charge in [0, 0.05) is 22.2 Å². The monoisotopic (exact) mass is 843 g/mol. The van der Waals surface area contributed by atoms with Gasteiger partial charge in [-0.2, -0.15) is 0 Å². The summed E-state index contributed by atoms with van der Waals surface area (Å²) in [7, 11) is 0. The lowest BCUT2D eigenvalue weighted by Gasteiger charge is -2.33. The SMILES string of the molecule is C=C/C=C\C.CC1(C)c2ccccc2-c2ccc(N(c3ccc4c(c3)C3(c5ccccc5-c5ccccc53)c3cc5ccccc5cc3-4)c3ccc(-c4ccccc4)c4ccccc34)cc21. The van der Waals surface area contributed by atoms with Gasteiger partial charge < -0.3 is 4.90 Å². The van der Waals surface area contributed by atoms with Gasteiger partial charge in [-0.25, -0.2) is 0 Å². The summed E-state index contributed by atoms with van der Waals surface area (Å²) in [6, 6.07) is 79.9. The van der Waals surface area contributed by atoms with Crippen LogP contribution in [0.4, 0.5) is 17.1 Å². The summed E-state index contributed by atoms with van der Waals surface area (Å²) < 4.78 is 0. The van der Waals surface area contributed by atoms with Crippen molar-refractivity contribution in [2.24, 2.45) is 0 Å². The van der Waals surface area contributed by atoms with E-state index in [1.54, 1.807) is 6.08 Å². The largest absolute Gasteiger partial charge is 0.310 e. The second-order valence-electron chi connectivity index (χ2n) is 18.4. The van der Waals surface area contributed by atoms with Gasteiger partial charge in [0.25, 0.3) is 0 Å². The molecule has 0 amide bonds. The zero-order valence-corrected chi connectivity index (χ0v) is 37.6. The number of benzene rings is 10. The Morgan fingerprint density at radius 3 is 1.52 bits per heavy atom. The van der Waals surface area contributed by atoms with Crippen LogP contribution in [-0.4, -0.2) is 0 Å². The van der Waals surface area contributed by atoms with Crippen molar-refractivity contribution in [1.29, 1.82) is 0 Å². The Labute approximate surface area is 388 Å². The first-order valence-electron chi connectivity index (χ1n) is 23.2. The van der Waals surface area contributed by atoms with Crippen LogP contribution < -0.4 is 4.90 Å². The van der Waals surface area contributed by atoms with Gasteiger partial charge >= 0.3 is 0 Å². The summed E-state index contributed by atoms with van der Waals surface area (Å²) in [6.07, 6.45) is 5.58. The number of hydrogen-bond donors (Lipinski definition) is 0. The summed E-state index contributed by atoms with van der Waals surface area (Å²) >= 11 is 0. The molecule has 3 aliphatic rings. The normalized spacial score (nSPS) is 13.9. The van der Waals surface area contributed by atoms with E-state index in [0.717, 1.165) is 17.1 Å². The Balaban J connectivity index is 0.000000869. The van der Waals surface area contributed by atoms with Crippen molar-refractivity contribution in [1.82, 2.24) is 0 Å². The predicted octanol–water partition coefficient (Wildman–Crippen LogP) is 17.5. The Morgan fingerprint density at radius 1 is 0.394 bits per heavy atom. The number of fused-ring (bicyclic) bond motifs is 15. The molecule has 0 heterocycles. The van der Waals surface area contributed by atoms with E-state index in [1.165, 1.54) is 99.4 Å². The van der Waals surface area contributed by atoms with E-state index in [0.29, 0.717) is 0 Å². The van der Waals surface area contributed by atoms with Gasteiger partial charge in [0.2, 0.25) is 0 Å². The minimum absolute atomic E-state index is 0.143. The molecular weight excluding hydrogens is 795 g/mol. The summed E-state index contributed by atoms with van der Waals surface area (Å²) in [5.41, 5.74) is 21.3. The van der Waals surface area contributed by atoms with Crippen LogP contribution in [0.3, 0.4) is 0 Å². The molecule has 0 bridgehead atoms. The van der Waals surface area contributed by atoms with Gasteiger partial charge in [0.1, 0.15) is 0 Å². The van der Waals surface area contributed by atoms with E-state index >= 15 is 0 Å². The lowest BCUT2D eigenvalue weighted by atomic mass is 9.70. The van der Waals surface area contributed by atoms with Crippen molar-refractivity contribution < 1.29 is 0 Å². The van der Waals surface area contributed by atoms with E-state index in [2.05, 4.69) is 238 Å². The molecule has 0 aromatic heterocycles. The highest BCUT2D eigenvalue weighted by atomic mass is 15.1. The molecule has 0 unspecified atom stereocenters. The Hall–Kier alpha value is -8.00. The Morgan fingerprint density at radius 2 is 0.879 bits per heavy atom. The molecule has 10 aromatic carbocycles. The molecule has 0 fully saturated rings. The maximum absolute atomic E-state index is 3.46. The summed E-state index contributed by atoms with van der Waals surface area (Å²) in [5.74, 6) is 0. The van der Waals surface area contributed by atoms with Crippen LogP contribution in [0.2, 0.25) is 0 Å². The molecule has 314 valence electrons. The van der Waals surface area contributed by atoms with Crippen LogP contribution in [0.15, 0.2) is 237 Å². The zero-order chi connectivity index (χ0) is 44.6. The topological polar surface area (TPSA) is 3.24 Å². The molecule has 13 rings (SSSR count). The highest BCUT2D eigenvalue weighted by molar-refractivity contribution is 6.07. The third-order valence-electron chi connectivity index (χ3n) is 14.6. The number of rotatable bonds is 5. The highest BCUT2D eigenvalue weighted by Crippen LogP contribution is 2.64. The number of hydrogen-bond acceptors (Lipinski definition) is 1. The molecule has 3 aliphatic carbocycles. The molecule has 0 N–H and O–H groups in total. The molecule has 0 aliphatic heterocycles. The van der Waals surface area contributed by atoms with Gasteiger partial charge in [0.15, 0.2) is 0 Å². The summed E-state index contributed by atoms with van der Waals surface area (Å²) in [4.78, 5) is 2.54. The smallest absolute Gasteiger partial charge is 0.0726 e. The third-order valence-corrected chi connectivity index (χ3v) is 14.6. The molecular formula is C65H49N. The summed E-state index contributed by atoms with van der Waals surface area (Å²) in [5, 5.41) is 4.98. The zero-order valence-electron chi connectivity index (χ0n) is 37.6.